The lowest BCUT2D eigenvalue weighted by Crippen LogP contribution is -2.22. The van der Waals surface area contributed by atoms with Crippen molar-refractivity contribution in [3.63, 3.8) is 0 Å². The van der Waals surface area contributed by atoms with Gasteiger partial charge in [0.15, 0.2) is 5.69 Å². The maximum absolute atomic E-state index is 13.3. The number of nitrogens with one attached hydrogen (secondary N) is 1. The molecule has 0 saturated heterocycles. The lowest BCUT2D eigenvalue weighted by molar-refractivity contribution is 0.0946. The SMILES string of the molecule is Cc1cc(-n2cc(C(=O)NCc3cccs3)nn2)ccc1F. The summed E-state index contributed by atoms with van der Waals surface area (Å²) in [5.41, 5.74) is 1.39. The molecule has 7 heteroatoms. The fourth-order valence-corrected chi connectivity index (χ4v) is 2.58. The van der Waals surface area contributed by atoms with Gasteiger partial charge in [0.05, 0.1) is 18.4 Å². The number of carbonyl (C=O) groups excluding carboxylic acids is 1. The molecule has 1 amide bonds. The van der Waals surface area contributed by atoms with Crippen molar-refractivity contribution in [2.24, 2.45) is 0 Å². The molecule has 0 fully saturated rings. The summed E-state index contributed by atoms with van der Waals surface area (Å²) >= 11 is 1.57. The topological polar surface area (TPSA) is 59.8 Å². The Bertz CT molecular complexity index is 798. The third kappa shape index (κ3) is 3.04. The standard InChI is InChI=1S/C15H13FN4OS/c1-10-7-11(4-5-13(10)16)20-9-14(18-19-20)15(21)17-8-12-3-2-6-22-12/h2-7,9H,8H2,1H3,(H,17,21). The largest absolute Gasteiger partial charge is 0.346 e. The molecule has 22 heavy (non-hydrogen) atoms. The van der Waals surface area contributed by atoms with Crippen molar-refractivity contribution in [2.45, 2.75) is 13.5 Å². The molecule has 0 unspecified atom stereocenters. The maximum atomic E-state index is 13.3. The Labute approximate surface area is 130 Å². The quantitative estimate of drug-likeness (QED) is 0.805. The molecule has 112 valence electrons. The van der Waals surface area contributed by atoms with Crippen LogP contribution in [0.2, 0.25) is 0 Å². The lowest BCUT2D eigenvalue weighted by atomic mass is 10.2. The zero-order valence-corrected chi connectivity index (χ0v) is 12.6. The summed E-state index contributed by atoms with van der Waals surface area (Å²) in [4.78, 5) is 13.1. The number of amides is 1. The molecule has 0 aliphatic rings. The molecule has 0 atom stereocenters. The van der Waals surface area contributed by atoms with Gasteiger partial charge in [0.2, 0.25) is 0 Å². The predicted molar refractivity (Wildman–Crippen MR) is 81.5 cm³/mol. The molecule has 2 aromatic heterocycles. The van der Waals surface area contributed by atoms with Gasteiger partial charge >= 0.3 is 0 Å². The van der Waals surface area contributed by atoms with Crippen molar-refractivity contribution in [2.75, 3.05) is 0 Å². The van der Waals surface area contributed by atoms with Crippen molar-refractivity contribution in [1.82, 2.24) is 20.3 Å². The van der Waals surface area contributed by atoms with Crippen molar-refractivity contribution < 1.29 is 9.18 Å². The molecule has 0 saturated carbocycles. The Morgan fingerprint density at radius 1 is 1.41 bits per heavy atom. The molecule has 0 radical (unpaired) electrons. The highest BCUT2D eigenvalue weighted by Crippen LogP contribution is 2.13. The Morgan fingerprint density at radius 2 is 2.27 bits per heavy atom. The first-order valence-electron chi connectivity index (χ1n) is 6.63. The predicted octanol–water partition coefficient (Wildman–Crippen LogP) is 2.71. The first-order valence-corrected chi connectivity index (χ1v) is 7.51. The first kappa shape index (κ1) is 14.4. The number of benzene rings is 1. The third-order valence-corrected chi connectivity index (χ3v) is 4.01. The summed E-state index contributed by atoms with van der Waals surface area (Å²) in [7, 11) is 0. The lowest BCUT2D eigenvalue weighted by Gasteiger charge is -2.02. The molecule has 0 spiro atoms. The zero-order chi connectivity index (χ0) is 15.5. The number of carbonyl (C=O) groups is 1. The van der Waals surface area contributed by atoms with Gasteiger partial charge in [-0.3, -0.25) is 4.79 Å². The number of rotatable bonds is 4. The smallest absolute Gasteiger partial charge is 0.273 e. The molecule has 1 N–H and O–H groups in total. The normalized spacial score (nSPS) is 10.6. The van der Waals surface area contributed by atoms with E-state index in [0.29, 0.717) is 17.8 Å². The highest BCUT2D eigenvalue weighted by molar-refractivity contribution is 7.09. The number of thiophene rings is 1. The summed E-state index contributed by atoms with van der Waals surface area (Å²) < 4.78 is 14.7. The maximum Gasteiger partial charge on any atom is 0.273 e. The van der Waals surface area contributed by atoms with Crippen molar-refractivity contribution in [3.8, 4) is 5.69 Å². The Balaban J connectivity index is 1.72. The van der Waals surface area contributed by atoms with Gasteiger partial charge in [-0.2, -0.15) is 0 Å². The van der Waals surface area contributed by atoms with E-state index in [1.54, 1.807) is 30.4 Å². The van der Waals surface area contributed by atoms with E-state index in [1.807, 2.05) is 17.5 Å². The summed E-state index contributed by atoms with van der Waals surface area (Å²) in [6.07, 6.45) is 1.52. The van der Waals surface area contributed by atoms with Crippen LogP contribution in [0.5, 0.6) is 0 Å². The number of aryl methyl sites for hydroxylation is 1. The summed E-state index contributed by atoms with van der Waals surface area (Å²) in [5, 5.41) is 12.5. The van der Waals surface area contributed by atoms with Crippen LogP contribution < -0.4 is 5.32 Å². The summed E-state index contributed by atoms with van der Waals surface area (Å²) in [6.45, 7) is 2.13. The monoisotopic (exact) mass is 316 g/mol. The second-order valence-corrected chi connectivity index (χ2v) is 5.78. The first-order chi connectivity index (χ1) is 10.6. The molecular weight excluding hydrogens is 303 g/mol. The Morgan fingerprint density at radius 3 is 3.00 bits per heavy atom. The van der Waals surface area contributed by atoms with Crippen LogP contribution in [0.1, 0.15) is 20.9 Å². The van der Waals surface area contributed by atoms with Gasteiger partial charge in [-0.25, -0.2) is 9.07 Å². The summed E-state index contributed by atoms with van der Waals surface area (Å²) in [5.74, 6) is -0.573. The van der Waals surface area contributed by atoms with E-state index in [9.17, 15) is 9.18 Å². The number of hydrogen-bond acceptors (Lipinski definition) is 4. The van der Waals surface area contributed by atoms with E-state index in [1.165, 1.54) is 16.9 Å². The number of nitrogens with zero attached hydrogens (tertiary/aromatic N) is 3. The fourth-order valence-electron chi connectivity index (χ4n) is 1.94. The van der Waals surface area contributed by atoms with Crippen molar-refractivity contribution in [1.29, 1.82) is 0 Å². The van der Waals surface area contributed by atoms with E-state index in [2.05, 4.69) is 15.6 Å². The van der Waals surface area contributed by atoms with Crippen LogP contribution >= 0.6 is 11.3 Å². The van der Waals surface area contributed by atoms with Crippen LogP contribution in [0.25, 0.3) is 5.69 Å². The minimum Gasteiger partial charge on any atom is -0.346 e. The highest BCUT2D eigenvalue weighted by Gasteiger charge is 2.12. The highest BCUT2D eigenvalue weighted by atomic mass is 32.1. The van der Waals surface area contributed by atoms with Crippen LogP contribution in [0, 0.1) is 12.7 Å². The van der Waals surface area contributed by atoms with Crippen LogP contribution in [0.15, 0.2) is 41.9 Å². The number of hydrogen-bond donors (Lipinski definition) is 1. The third-order valence-electron chi connectivity index (χ3n) is 3.14. The zero-order valence-electron chi connectivity index (χ0n) is 11.8. The van der Waals surface area contributed by atoms with E-state index in [-0.39, 0.29) is 17.4 Å². The fraction of sp³-hybridized carbons (Fsp3) is 0.133. The van der Waals surface area contributed by atoms with Crippen LogP contribution in [0.3, 0.4) is 0 Å². The average molecular weight is 316 g/mol. The van der Waals surface area contributed by atoms with Gasteiger partial charge in [0, 0.05) is 4.88 Å². The average Bonchev–Trinajstić information content (AvgIpc) is 3.18. The Hall–Kier alpha value is -2.54. The van der Waals surface area contributed by atoms with Gasteiger partial charge in [-0.05, 0) is 42.1 Å². The van der Waals surface area contributed by atoms with E-state index in [0.717, 1.165) is 4.88 Å². The second kappa shape index (κ2) is 6.07. The van der Waals surface area contributed by atoms with Gasteiger partial charge < -0.3 is 5.32 Å². The molecule has 0 aliphatic carbocycles. The van der Waals surface area contributed by atoms with Gasteiger partial charge in [0.1, 0.15) is 5.82 Å². The molecule has 5 nitrogen and oxygen atoms in total. The van der Waals surface area contributed by atoms with E-state index < -0.39 is 0 Å². The molecule has 3 aromatic rings. The molecular formula is C15H13FN4OS. The van der Waals surface area contributed by atoms with E-state index in [4.69, 9.17) is 0 Å². The molecule has 0 bridgehead atoms. The molecule has 3 rings (SSSR count). The van der Waals surface area contributed by atoms with Crippen molar-refractivity contribution >= 4 is 17.2 Å². The second-order valence-electron chi connectivity index (χ2n) is 4.74. The van der Waals surface area contributed by atoms with Gasteiger partial charge in [-0.15, -0.1) is 16.4 Å². The minimum absolute atomic E-state index is 0.221. The molecule has 0 aliphatic heterocycles. The van der Waals surface area contributed by atoms with Crippen LogP contribution in [0.4, 0.5) is 4.39 Å². The van der Waals surface area contributed by atoms with Gasteiger partial charge in [-0.1, -0.05) is 11.3 Å². The molecule has 2 heterocycles. The summed E-state index contributed by atoms with van der Waals surface area (Å²) in [6, 6.07) is 8.48. The van der Waals surface area contributed by atoms with Crippen molar-refractivity contribution in [3.05, 3.63) is 63.9 Å². The van der Waals surface area contributed by atoms with E-state index >= 15 is 0 Å². The van der Waals surface area contributed by atoms with Crippen LogP contribution in [-0.2, 0) is 6.54 Å². The number of aromatic nitrogens is 3. The minimum atomic E-state index is -0.293. The van der Waals surface area contributed by atoms with Gasteiger partial charge in [0.25, 0.3) is 5.91 Å². The Kier molecular flexibility index (Phi) is 3.97. The van der Waals surface area contributed by atoms with Crippen LogP contribution in [-0.4, -0.2) is 20.9 Å². The number of halogens is 1. The molecule has 1 aromatic carbocycles.